The van der Waals surface area contributed by atoms with Crippen LogP contribution < -0.4 is 10.2 Å². The first-order valence-corrected chi connectivity index (χ1v) is 10.8. The highest BCUT2D eigenvalue weighted by molar-refractivity contribution is 5.93. The molecule has 0 fully saturated rings. The summed E-state index contributed by atoms with van der Waals surface area (Å²) in [4.78, 5) is 19.4. The molecule has 32 heavy (non-hydrogen) atoms. The van der Waals surface area contributed by atoms with Crippen LogP contribution in [0, 0.1) is 18.3 Å². The number of nitrogens with one attached hydrogen (secondary N) is 1. The standard InChI is InChI=1S/C24H27N7O/c1-5-24(3,4)27-23(32)22-16(2)31(29-28-22)20-8-6-7-18-15-30(12-11-19(18)20)21-10-9-17(13-25)14-26-21/h6-10,14H,5,11-12,15H2,1-4H3,(H,27,32). The number of carbonyl (C=O) groups excluding carboxylic acids is 1. The molecule has 1 aliphatic heterocycles. The lowest BCUT2D eigenvalue weighted by Crippen LogP contribution is -2.43. The molecule has 4 rings (SSSR count). The normalized spacial score (nSPS) is 13.4. The van der Waals surface area contributed by atoms with Gasteiger partial charge in [0, 0.05) is 24.8 Å². The van der Waals surface area contributed by atoms with E-state index in [9.17, 15) is 4.79 Å². The lowest BCUT2D eigenvalue weighted by atomic mass is 9.97. The van der Waals surface area contributed by atoms with Crippen molar-refractivity contribution in [3.63, 3.8) is 0 Å². The van der Waals surface area contributed by atoms with Gasteiger partial charge in [-0.2, -0.15) is 5.26 Å². The van der Waals surface area contributed by atoms with E-state index in [-0.39, 0.29) is 11.4 Å². The number of hydrogen-bond donors (Lipinski definition) is 1. The maximum Gasteiger partial charge on any atom is 0.274 e. The number of fused-ring (bicyclic) bond motifs is 1. The Labute approximate surface area is 187 Å². The number of nitrogens with zero attached hydrogens (tertiary/aromatic N) is 6. The molecule has 0 saturated heterocycles. The van der Waals surface area contributed by atoms with E-state index in [0.29, 0.717) is 17.8 Å². The zero-order valence-electron chi connectivity index (χ0n) is 18.9. The van der Waals surface area contributed by atoms with Crippen LogP contribution in [0.5, 0.6) is 0 Å². The van der Waals surface area contributed by atoms with Crippen molar-refractivity contribution in [3.05, 3.63) is 64.6 Å². The molecule has 0 aliphatic carbocycles. The van der Waals surface area contributed by atoms with E-state index in [2.05, 4.69) is 37.6 Å². The van der Waals surface area contributed by atoms with Crippen molar-refractivity contribution >= 4 is 11.7 Å². The van der Waals surface area contributed by atoms with Gasteiger partial charge in [-0.25, -0.2) is 9.67 Å². The minimum Gasteiger partial charge on any atom is -0.352 e. The topological polar surface area (TPSA) is 99.7 Å². The van der Waals surface area contributed by atoms with Crippen LogP contribution in [0.25, 0.3) is 5.69 Å². The number of amides is 1. The molecule has 0 saturated carbocycles. The number of anilines is 1. The minimum absolute atomic E-state index is 0.205. The molecule has 0 spiro atoms. The van der Waals surface area contributed by atoms with Gasteiger partial charge in [0.15, 0.2) is 5.69 Å². The second-order valence-corrected chi connectivity index (χ2v) is 8.73. The van der Waals surface area contributed by atoms with E-state index < -0.39 is 0 Å². The Bertz CT molecular complexity index is 1190. The van der Waals surface area contributed by atoms with Gasteiger partial charge in [-0.1, -0.05) is 24.3 Å². The van der Waals surface area contributed by atoms with Gasteiger partial charge in [0.05, 0.1) is 16.9 Å². The van der Waals surface area contributed by atoms with E-state index in [0.717, 1.165) is 36.6 Å². The van der Waals surface area contributed by atoms with Crippen molar-refractivity contribution in [1.29, 1.82) is 5.26 Å². The first-order valence-electron chi connectivity index (χ1n) is 10.8. The molecule has 0 radical (unpaired) electrons. The van der Waals surface area contributed by atoms with Crippen molar-refractivity contribution in [1.82, 2.24) is 25.3 Å². The number of pyridine rings is 1. The molecular formula is C24H27N7O. The van der Waals surface area contributed by atoms with E-state index in [1.807, 2.05) is 45.9 Å². The number of aromatic nitrogens is 4. The van der Waals surface area contributed by atoms with Crippen LogP contribution in [0.1, 0.15) is 60.1 Å². The van der Waals surface area contributed by atoms with Gasteiger partial charge in [-0.3, -0.25) is 4.79 Å². The third kappa shape index (κ3) is 4.06. The van der Waals surface area contributed by atoms with Gasteiger partial charge in [0.2, 0.25) is 0 Å². The second kappa shape index (κ2) is 8.42. The van der Waals surface area contributed by atoms with E-state index in [4.69, 9.17) is 5.26 Å². The third-order valence-electron chi connectivity index (χ3n) is 6.12. The van der Waals surface area contributed by atoms with E-state index >= 15 is 0 Å². The first kappa shape index (κ1) is 21.5. The van der Waals surface area contributed by atoms with Crippen molar-refractivity contribution < 1.29 is 4.79 Å². The van der Waals surface area contributed by atoms with Crippen LogP contribution in [0.2, 0.25) is 0 Å². The molecule has 8 nitrogen and oxygen atoms in total. The molecule has 2 aromatic heterocycles. The molecule has 8 heteroatoms. The molecule has 3 aromatic rings. The van der Waals surface area contributed by atoms with Crippen LogP contribution in [0.4, 0.5) is 5.82 Å². The lowest BCUT2D eigenvalue weighted by Gasteiger charge is -2.31. The summed E-state index contributed by atoms with van der Waals surface area (Å²) in [6.45, 7) is 9.42. The zero-order chi connectivity index (χ0) is 22.9. The Morgan fingerprint density at radius 1 is 1.28 bits per heavy atom. The molecule has 1 aromatic carbocycles. The highest BCUT2D eigenvalue weighted by Crippen LogP contribution is 2.28. The van der Waals surface area contributed by atoms with Crippen molar-refractivity contribution in [3.8, 4) is 11.8 Å². The fourth-order valence-corrected chi connectivity index (χ4v) is 3.85. The monoisotopic (exact) mass is 429 g/mol. The van der Waals surface area contributed by atoms with Gasteiger partial charge < -0.3 is 10.2 Å². The molecule has 164 valence electrons. The molecule has 1 aliphatic rings. The average Bonchev–Trinajstić information content (AvgIpc) is 3.19. The van der Waals surface area contributed by atoms with Crippen molar-refractivity contribution in [2.45, 2.75) is 52.6 Å². The highest BCUT2D eigenvalue weighted by atomic mass is 16.2. The lowest BCUT2D eigenvalue weighted by molar-refractivity contribution is 0.0905. The molecular weight excluding hydrogens is 402 g/mol. The Morgan fingerprint density at radius 2 is 2.09 bits per heavy atom. The molecule has 0 atom stereocenters. The van der Waals surface area contributed by atoms with Gasteiger partial charge in [0.25, 0.3) is 5.91 Å². The van der Waals surface area contributed by atoms with Gasteiger partial charge >= 0.3 is 0 Å². The van der Waals surface area contributed by atoms with Crippen molar-refractivity contribution in [2.75, 3.05) is 11.4 Å². The van der Waals surface area contributed by atoms with Crippen molar-refractivity contribution in [2.24, 2.45) is 0 Å². The van der Waals surface area contributed by atoms with Gasteiger partial charge in [-0.15, -0.1) is 5.10 Å². The fourth-order valence-electron chi connectivity index (χ4n) is 3.85. The number of hydrogen-bond acceptors (Lipinski definition) is 6. The van der Waals surface area contributed by atoms with Crippen LogP contribution >= 0.6 is 0 Å². The Hall–Kier alpha value is -3.73. The zero-order valence-corrected chi connectivity index (χ0v) is 18.9. The maximum atomic E-state index is 12.8. The summed E-state index contributed by atoms with van der Waals surface area (Å²) in [5, 5.41) is 20.5. The van der Waals surface area contributed by atoms with Crippen LogP contribution in [0.3, 0.4) is 0 Å². The molecule has 0 bridgehead atoms. The second-order valence-electron chi connectivity index (χ2n) is 8.73. The van der Waals surface area contributed by atoms with Crippen LogP contribution in [-0.4, -0.2) is 38.0 Å². The average molecular weight is 430 g/mol. The maximum absolute atomic E-state index is 12.8. The minimum atomic E-state index is -0.303. The highest BCUT2D eigenvalue weighted by Gasteiger charge is 2.26. The number of carbonyl (C=O) groups is 1. The Kier molecular flexibility index (Phi) is 5.66. The Balaban J connectivity index is 1.61. The molecule has 1 N–H and O–H groups in total. The fraction of sp³-hybridized carbons (Fsp3) is 0.375. The predicted molar refractivity (Wildman–Crippen MR) is 122 cm³/mol. The summed E-state index contributed by atoms with van der Waals surface area (Å²) in [7, 11) is 0. The largest absolute Gasteiger partial charge is 0.352 e. The third-order valence-corrected chi connectivity index (χ3v) is 6.12. The smallest absolute Gasteiger partial charge is 0.274 e. The summed E-state index contributed by atoms with van der Waals surface area (Å²) >= 11 is 0. The number of nitriles is 1. The summed E-state index contributed by atoms with van der Waals surface area (Å²) < 4.78 is 1.77. The summed E-state index contributed by atoms with van der Waals surface area (Å²) in [6, 6.07) is 11.9. The quantitative estimate of drug-likeness (QED) is 0.668. The van der Waals surface area contributed by atoms with Gasteiger partial charge in [0.1, 0.15) is 11.9 Å². The summed E-state index contributed by atoms with van der Waals surface area (Å²) in [5.74, 6) is 0.651. The number of rotatable bonds is 5. The first-order chi connectivity index (χ1) is 15.3. The van der Waals surface area contributed by atoms with Crippen LogP contribution in [-0.2, 0) is 13.0 Å². The van der Waals surface area contributed by atoms with Gasteiger partial charge in [-0.05, 0) is 62.9 Å². The van der Waals surface area contributed by atoms with E-state index in [1.165, 1.54) is 11.1 Å². The molecule has 0 unspecified atom stereocenters. The van der Waals surface area contributed by atoms with E-state index in [1.54, 1.807) is 16.9 Å². The summed E-state index contributed by atoms with van der Waals surface area (Å²) in [5.41, 5.74) is 4.66. The SMILES string of the molecule is CCC(C)(C)NC(=O)c1nnn(-c2cccc3c2CCN(c2ccc(C#N)cn2)C3)c1C. The number of benzene rings is 1. The molecule has 1 amide bonds. The molecule has 3 heterocycles. The summed E-state index contributed by atoms with van der Waals surface area (Å²) in [6.07, 6.45) is 3.24. The Morgan fingerprint density at radius 3 is 2.78 bits per heavy atom. The van der Waals surface area contributed by atoms with Crippen LogP contribution in [0.15, 0.2) is 36.5 Å². The predicted octanol–water partition coefficient (Wildman–Crippen LogP) is 3.32.